The van der Waals surface area contributed by atoms with Gasteiger partial charge in [0.15, 0.2) is 11.5 Å². The van der Waals surface area contributed by atoms with Gasteiger partial charge in [-0.2, -0.15) is 0 Å². The predicted octanol–water partition coefficient (Wildman–Crippen LogP) is 3.79. The fourth-order valence-electron chi connectivity index (χ4n) is 2.32. The molecule has 0 atom stereocenters. The van der Waals surface area contributed by atoms with Crippen molar-refractivity contribution < 1.29 is 14.6 Å². The van der Waals surface area contributed by atoms with Gasteiger partial charge in [-0.25, -0.2) is 0 Å². The zero-order chi connectivity index (χ0) is 15.2. The SMILES string of the molecule is OCCOc1cc2ccccc2cc1OCc1ccccc1. The molecule has 3 aromatic carbocycles. The van der Waals surface area contributed by atoms with Crippen LogP contribution in [-0.2, 0) is 6.61 Å². The Hall–Kier alpha value is -2.52. The number of fused-ring (bicyclic) bond motifs is 1. The van der Waals surface area contributed by atoms with Crippen LogP contribution >= 0.6 is 0 Å². The first-order valence-electron chi connectivity index (χ1n) is 7.30. The van der Waals surface area contributed by atoms with E-state index in [1.807, 2.05) is 66.7 Å². The van der Waals surface area contributed by atoms with Crippen molar-refractivity contribution in [1.29, 1.82) is 0 Å². The summed E-state index contributed by atoms with van der Waals surface area (Å²) in [6, 6.07) is 22.0. The molecule has 0 radical (unpaired) electrons. The van der Waals surface area contributed by atoms with Crippen LogP contribution < -0.4 is 9.47 Å². The van der Waals surface area contributed by atoms with Crippen LogP contribution in [0.3, 0.4) is 0 Å². The first-order chi connectivity index (χ1) is 10.9. The minimum Gasteiger partial charge on any atom is -0.487 e. The zero-order valence-electron chi connectivity index (χ0n) is 12.2. The van der Waals surface area contributed by atoms with E-state index in [4.69, 9.17) is 14.6 Å². The summed E-state index contributed by atoms with van der Waals surface area (Å²) in [7, 11) is 0. The van der Waals surface area contributed by atoms with E-state index in [-0.39, 0.29) is 13.2 Å². The second-order valence-corrected chi connectivity index (χ2v) is 4.99. The molecule has 3 nitrogen and oxygen atoms in total. The van der Waals surface area contributed by atoms with E-state index in [1.54, 1.807) is 0 Å². The quantitative estimate of drug-likeness (QED) is 0.751. The lowest BCUT2D eigenvalue weighted by molar-refractivity contribution is 0.192. The second kappa shape index (κ2) is 6.96. The summed E-state index contributed by atoms with van der Waals surface area (Å²) >= 11 is 0. The Bertz CT molecular complexity index is 738. The van der Waals surface area contributed by atoms with Crippen molar-refractivity contribution in [1.82, 2.24) is 0 Å². The summed E-state index contributed by atoms with van der Waals surface area (Å²) in [5.74, 6) is 1.35. The van der Waals surface area contributed by atoms with Gasteiger partial charge in [0.2, 0.25) is 0 Å². The maximum Gasteiger partial charge on any atom is 0.162 e. The van der Waals surface area contributed by atoms with Crippen LogP contribution in [0.1, 0.15) is 5.56 Å². The van der Waals surface area contributed by atoms with Gasteiger partial charge in [0.05, 0.1) is 6.61 Å². The third-order valence-corrected chi connectivity index (χ3v) is 3.40. The molecule has 0 fully saturated rings. The van der Waals surface area contributed by atoms with E-state index in [9.17, 15) is 0 Å². The largest absolute Gasteiger partial charge is 0.487 e. The topological polar surface area (TPSA) is 38.7 Å². The highest BCUT2D eigenvalue weighted by molar-refractivity contribution is 5.86. The van der Waals surface area contributed by atoms with Gasteiger partial charge in [-0.15, -0.1) is 0 Å². The third-order valence-electron chi connectivity index (χ3n) is 3.40. The van der Waals surface area contributed by atoms with Crippen molar-refractivity contribution in [2.45, 2.75) is 6.61 Å². The molecule has 0 amide bonds. The Kier molecular flexibility index (Phi) is 4.56. The van der Waals surface area contributed by atoms with Crippen LogP contribution in [0.2, 0.25) is 0 Å². The molecule has 3 aromatic rings. The fourth-order valence-corrected chi connectivity index (χ4v) is 2.32. The highest BCUT2D eigenvalue weighted by atomic mass is 16.5. The highest BCUT2D eigenvalue weighted by Crippen LogP contribution is 2.33. The molecular formula is C19H18O3. The molecule has 0 aliphatic heterocycles. The van der Waals surface area contributed by atoms with Gasteiger partial charge in [-0.3, -0.25) is 0 Å². The molecule has 3 heteroatoms. The number of hydrogen-bond donors (Lipinski definition) is 1. The van der Waals surface area contributed by atoms with E-state index in [0.717, 1.165) is 16.3 Å². The standard InChI is InChI=1S/C19H18O3/c20-10-11-21-18-12-16-8-4-5-9-17(16)13-19(18)22-14-15-6-2-1-3-7-15/h1-9,12-13,20H,10-11,14H2. The van der Waals surface area contributed by atoms with Gasteiger partial charge in [0.1, 0.15) is 13.2 Å². The molecule has 0 bridgehead atoms. The second-order valence-electron chi connectivity index (χ2n) is 4.99. The van der Waals surface area contributed by atoms with Gasteiger partial charge in [-0.1, -0.05) is 54.6 Å². The summed E-state index contributed by atoms with van der Waals surface area (Å²) in [5.41, 5.74) is 1.10. The lowest BCUT2D eigenvalue weighted by Crippen LogP contribution is -2.04. The normalized spacial score (nSPS) is 10.6. The Morgan fingerprint density at radius 1 is 0.727 bits per heavy atom. The van der Waals surface area contributed by atoms with Crippen molar-refractivity contribution in [2.24, 2.45) is 0 Å². The maximum atomic E-state index is 8.97. The molecular weight excluding hydrogens is 276 g/mol. The molecule has 0 unspecified atom stereocenters. The van der Waals surface area contributed by atoms with Crippen LogP contribution in [0.4, 0.5) is 0 Å². The van der Waals surface area contributed by atoms with Crippen LogP contribution in [0.25, 0.3) is 10.8 Å². The number of aliphatic hydroxyl groups is 1. The van der Waals surface area contributed by atoms with Crippen molar-refractivity contribution >= 4 is 10.8 Å². The molecule has 112 valence electrons. The van der Waals surface area contributed by atoms with Gasteiger partial charge in [-0.05, 0) is 28.5 Å². The number of benzene rings is 3. The van der Waals surface area contributed by atoms with E-state index in [1.165, 1.54) is 0 Å². The fraction of sp³-hybridized carbons (Fsp3) is 0.158. The smallest absolute Gasteiger partial charge is 0.162 e. The Balaban J connectivity index is 1.87. The average Bonchev–Trinajstić information content (AvgIpc) is 2.58. The lowest BCUT2D eigenvalue weighted by atomic mass is 10.1. The molecule has 22 heavy (non-hydrogen) atoms. The number of aliphatic hydroxyl groups excluding tert-OH is 1. The first-order valence-corrected chi connectivity index (χ1v) is 7.30. The Morgan fingerprint density at radius 2 is 1.32 bits per heavy atom. The van der Waals surface area contributed by atoms with Crippen molar-refractivity contribution in [3.8, 4) is 11.5 Å². The Morgan fingerprint density at radius 3 is 1.95 bits per heavy atom. The van der Waals surface area contributed by atoms with Gasteiger partial charge in [0.25, 0.3) is 0 Å². The zero-order valence-corrected chi connectivity index (χ0v) is 12.2. The lowest BCUT2D eigenvalue weighted by Gasteiger charge is -2.14. The first kappa shape index (κ1) is 14.4. The Labute approximate surface area is 129 Å². The van der Waals surface area contributed by atoms with Gasteiger partial charge in [0, 0.05) is 0 Å². The number of hydrogen-bond acceptors (Lipinski definition) is 3. The minimum atomic E-state index is -0.0229. The van der Waals surface area contributed by atoms with Crippen LogP contribution in [-0.4, -0.2) is 18.3 Å². The summed E-state index contributed by atoms with van der Waals surface area (Å²) in [4.78, 5) is 0. The maximum absolute atomic E-state index is 8.97. The number of rotatable bonds is 6. The van der Waals surface area contributed by atoms with Gasteiger partial charge < -0.3 is 14.6 Å². The molecule has 0 aliphatic rings. The summed E-state index contributed by atoms with van der Waals surface area (Å²) in [6.07, 6.45) is 0. The summed E-state index contributed by atoms with van der Waals surface area (Å²) in [6.45, 7) is 0.708. The van der Waals surface area contributed by atoms with Crippen LogP contribution in [0.5, 0.6) is 11.5 Å². The van der Waals surface area contributed by atoms with Gasteiger partial charge >= 0.3 is 0 Å². The summed E-state index contributed by atoms with van der Waals surface area (Å²) < 4.78 is 11.5. The number of ether oxygens (including phenoxy) is 2. The summed E-state index contributed by atoms with van der Waals surface area (Å²) in [5, 5.41) is 11.2. The van der Waals surface area contributed by atoms with Crippen molar-refractivity contribution in [3.63, 3.8) is 0 Å². The van der Waals surface area contributed by atoms with Crippen LogP contribution in [0, 0.1) is 0 Å². The minimum absolute atomic E-state index is 0.0229. The molecule has 3 rings (SSSR count). The van der Waals surface area contributed by atoms with E-state index in [0.29, 0.717) is 18.1 Å². The molecule has 0 saturated heterocycles. The van der Waals surface area contributed by atoms with Crippen molar-refractivity contribution in [3.05, 3.63) is 72.3 Å². The molecule has 0 saturated carbocycles. The van der Waals surface area contributed by atoms with Crippen molar-refractivity contribution in [2.75, 3.05) is 13.2 Å². The average molecular weight is 294 g/mol. The van der Waals surface area contributed by atoms with E-state index in [2.05, 4.69) is 0 Å². The predicted molar refractivity (Wildman–Crippen MR) is 87.3 cm³/mol. The molecule has 0 aromatic heterocycles. The van der Waals surface area contributed by atoms with Crippen LogP contribution in [0.15, 0.2) is 66.7 Å². The van der Waals surface area contributed by atoms with E-state index >= 15 is 0 Å². The molecule has 0 aliphatic carbocycles. The monoisotopic (exact) mass is 294 g/mol. The molecule has 0 heterocycles. The highest BCUT2D eigenvalue weighted by Gasteiger charge is 2.08. The molecule has 0 spiro atoms. The molecule has 1 N–H and O–H groups in total. The third kappa shape index (κ3) is 3.38. The van der Waals surface area contributed by atoms with E-state index < -0.39 is 0 Å².